The Hall–Kier alpha value is -1.42. The van der Waals surface area contributed by atoms with Crippen molar-refractivity contribution in [2.75, 3.05) is 13.2 Å². The summed E-state index contributed by atoms with van der Waals surface area (Å²) in [5.74, 6) is 0.577. The Kier molecular flexibility index (Phi) is 5.63. The molecule has 0 aliphatic rings. The Morgan fingerprint density at radius 3 is 2.65 bits per heavy atom. The maximum absolute atomic E-state index is 12.1. The monoisotopic (exact) mass is 237 g/mol. The number of pyridine rings is 1. The van der Waals surface area contributed by atoms with Crippen molar-refractivity contribution < 1.29 is 14.3 Å². The van der Waals surface area contributed by atoms with Crippen LogP contribution in [-0.4, -0.2) is 30.1 Å². The average molecular weight is 237 g/mol. The number of aromatic nitrogens is 1. The lowest BCUT2D eigenvalue weighted by molar-refractivity contribution is 0.0443. The predicted molar refractivity (Wildman–Crippen MR) is 65.4 cm³/mol. The fraction of sp³-hybridized carbons (Fsp3) is 0.538. The molecule has 4 nitrogen and oxygen atoms in total. The van der Waals surface area contributed by atoms with Crippen LogP contribution in [0.5, 0.6) is 5.75 Å². The van der Waals surface area contributed by atoms with E-state index in [1.54, 1.807) is 18.5 Å². The summed E-state index contributed by atoms with van der Waals surface area (Å²) in [5.41, 5.74) is 0.538. The van der Waals surface area contributed by atoms with Crippen LogP contribution in [0.4, 0.5) is 0 Å². The third-order valence-corrected chi connectivity index (χ3v) is 2.34. The normalized spacial score (nSPS) is 12.2. The standard InChI is InChI=1S/C13H19NO3/c1-4-12(17-6-3)13(15)10-7-11(16-5-2)9-14-8-10/h7-9,12H,4-6H2,1-3H3. The maximum atomic E-state index is 12.1. The lowest BCUT2D eigenvalue weighted by Gasteiger charge is -2.13. The first-order chi connectivity index (χ1) is 8.22. The van der Waals surface area contributed by atoms with Crippen LogP contribution in [0, 0.1) is 0 Å². The van der Waals surface area contributed by atoms with Gasteiger partial charge in [-0.3, -0.25) is 9.78 Å². The number of hydrogen-bond acceptors (Lipinski definition) is 4. The number of carbonyl (C=O) groups is 1. The van der Waals surface area contributed by atoms with E-state index in [2.05, 4.69) is 4.98 Å². The fourth-order valence-electron chi connectivity index (χ4n) is 1.57. The van der Waals surface area contributed by atoms with Crippen molar-refractivity contribution in [3.63, 3.8) is 0 Å². The molecule has 4 heteroatoms. The third-order valence-electron chi connectivity index (χ3n) is 2.34. The number of carbonyl (C=O) groups excluding carboxylic acids is 1. The highest BCUT2D eigenvalue weighted by atomic mass is 16.5. The van der Waals surface area contributed by atoms with Crippen molar-refractivity contribution >= 4 is 5.78 Å². The molecule has 1 atom stereocenters. The second-order valence-electron chi connectivity index (χ2n) is 3.56. The van der Waals surface area contributed by atoms with Crippen LogP contribution in [-0.2, 0) is 4.74 Å². The van der Waals surface area contributed by atoms with Gasteiger partial charge in [-0.25, -0.2) is 0 Å². The average Bonchev–Trinajstić information content (AvgIpc) is 2.36. The van der Waals surface area contributed by atoms with Crippen LogP contribution >= 0.6 is 0 Å². The van der Waals surface area contributed by atoms with Gasteiger partial charge in [-0.05, 0) is 26.3 Å². The zero-order chi connectivity index (χ0) is 12.7. The summed E-state index contributed by atoms with van der Waals surface area (Å²) >= 11 is 0. The summed E-state index contributed by atoms with van der Waals surface area (Å²) in [7, 11) is 0. The molecule has 0 fully saturated rings. The molecule has 1 unspecified atom stereocenters. The fourth-order valence-corrected chi connectivity index (χ4v) is 1.57. The smallest absolute Gasteiger partial charge is 0.193 e. The molecule has 0 bridgehead atoms. The molecule has 0 saturated heterocycles. The van der Waals surface area contributed by atoms with Crippen LogP contribution in [0.15, 0.2) is 18.5 Å². The van der Waals surface area contributed by atoms with E-state index in [9.17, 15) is 4.79 Å². The minimum Gasteiger partial charge on any atom is -0.492 e. The van der Waals surface area contributed by atoms with Gasteiger partial charge < -0.3 is 9.47 Å². The Bertz CT molecular complexity index is 365. The van der Waals surface area contributed by atoms with Gasteiger partial charge in [0.05, 0.1) is 12.8 Å². The number of hydrogen-bond donors (Lipinski definition) is 0. The molecule has 0 amide bonds. The molecule has 0 saturated carbocycles. The molecular formula is C13H19NO3. The summed E-state index contributed by atoms with van der Waals surface area (Å²) in [6.45, 7) is 6.79. The lowest BCUT2D eigenvalue weighted by atomic mass is 10.1. The maximum Gasteiger partial charge on any atom is 0.193 e. The van der Waals surface area contributed by atoms with Gasteiger partial charge in [0.15, 0.2) is 5.78 Å². The zero-order valence-corrected chi connectivity index (χ0v) is 10.6. The van der Waals surface area contributed by atoms with Gasteiger partial charge in [-0.1, -0.05) is 6.92 Å². The summed E-state index contributed by atoms with van der Waals surface area (Å²) < 4.78 is 10.7. The van der Waals surface area contributed by atoms with E-state index in [0.717, 1.165) is 0 Å². The summed E-state index contributed by atoms with van der Waals surface area (Å²) in [5, 5.41) is 0. The van der Waals surface area contributed by atoms with Crippen molar-refractivity contribution in [3.05, 3.63) is 24.0 Å². The van der Waals surface area contributed by atoms with E-state index in [1.165, 1.54) is 0 Å². The largest absolute Gasteiger partial charge is 0.492 e. The first-order valence-corrected chi connectivity index (χ1v) is 5.96. The molecule has 0 aliphatic heterocycles. The number of ketones is 1. The van der Waals surface area contributed by atoms with Gasteiger partial charge in [0, 0.05) is 18.4 Å². The van der Waals surface area contributed by atoms with E-state index in [0.29, 0.717) is 30.9 Å². The molecule has 1 aromatic rings. The molecule has 94 valence electrons. The van der Waals surface area contributed by atoms with Gasteiger partial charge >= 0.3 is 0 Å². The highest BCUT2D eigenvalue weighted by Crippen LogP contribution is 2.15. The third kappa shape index (κ3) is 3.82. The van der Waals surface area contributed by atoms with Gasteiger partial charge in [0.1, 0.15) is 11.9 Å². The molecule has 0 spiro atoms. The molecule has 0 aliphatic carbocycles. The molecule has 1 aromatic heterocycles. The molecule has 0 N–H and O–H groups in total. The zero-order valence-electron chi connectivity index (χ0n) is 10.6. The Morgan fingerprint density at radius 2 is 2.06 bits per heavy atom. The molecule has 17 heavy (non-hydrogen) atoms. The van der Waals surface area contributed by atoms with Gasteiger partial charge in [0.2, 0.25) is 0 Å². The van der Waals surface area contributed by atoms with E-state index in [-0.39, 0.29) is 5.78 Å². The van der Waals surface area contributed by atoms with E-state index >= 15 is 0 Å². The number of rotatable bonds is 7. The molecule has 0 radical (unpaired) electrons. The summed E-state index contributed by atoms with van der Waals surface area (Å²) in [6, 6.07) is 1.71. The van der Waals surface area contributed by atoms with Gasteiger partial charge in [0.25, 0.3) is 0 Å². The highest BCUT2D eigenvalue weighted by molar-refractivity contribution is 5.99. The molecule has 1 rings (SSSR count). The number of nitrogens with zero attached hydrogens (tertiary/aromatic N) is 1. The minimum absolute atomic E-state index is 0.0385. The second-order valence-corrected chi connectivity index (χ2v) is 3.56. The second kappa shape index (κ2) is 7.01. The Labute approximate surface area is 102 Å². The van der Waals surface area contributed by atoms with Crippen LogP contribution in [0.2, 0.25) is 0 Å². The van der Waals surface area contributed by atoms with Crippen LogP contribution in [0.25, 0.3) is 0 Å². The first kappa shape index (κ1) is 13.6. The number of Topliss-reactive ketones (excluding diaryl/α,β-unsaturated/α-hetero) is 1. The van der Waals surface area contributed by atoms with E-state index in [1.807, 2.05) is 20.8 Å². The van der Waals surface area contributed by atoms with Crippen molar-refractivity contribution in [2.45, 2.75) is 33.3 Å². The number of ether oxygens (including phenoxy) is 2. The minimum atomic E-state index is -0.390. The summed E-state index contributed by atoms with van der Waals surface area (Å²) in [4.78, 5) is 16.1. The van der Waals surface area contributed by atoms with Crippen molar-refractivity contribution in [1.29, 1.82) is 0 Å². The predicted octanol–water partition coefficient (Wildman–Crippen LogP) is 2.48. The van der Waals surface area contributed by atoms with Crippen molar-refractivity contribution in [3.8, 4) is 5.75 Å². The Morgan fingerprint density at radius 1 is 1.29 bits per heavy atom. The Balaban J connectivity index is 2.83. The topological polar surface area (TPSA) is 48.4 Å². The van der Waals surface area contributed by atoms with Gasteiger partial charge in [-0.2, -0.15) is 0 Å². The molecule has 0 aromatic carbocycles. The van der Waals surface area contributed by atoms with Crippen LogP contribution < -0.4 is 4.74 Å². The van der Waals surface area contributed by atoms with Crippen LogP contribution in [0.3, 0.4) is 0 Å². The SMILES string of the molecule is CCOc1cncc(C(=O)C(CC)OCC)c1. The lowest BCUT2D eigenvalue weighted by Crippen LogP contribution is -2.23. The van der Waals surface area contributed by atoms with E-state index < -0.39 is 6.10 Å². The summed E-state index contributed by atoms with van der Waals surface area (Å²) in [6.07, 6.45) is 3.42. The first-order valence-electron chi connectivity index (χ1n) is 5.96. The quantitative estimate of drug-likeness (QED) is 0.683. The molecule has 1 heterocycles. The van der Waals surface area contributed by atoms with Gasteiger partial charge in [-0.15, -0.1) is 0 Å². The highest BCUT2D eigenvalue weighted by Gasteiger charge is 2.19. The van der Waals surface area contributed by atoms with Crippen molar-refractivity contribution in [1.82, 2.24) is 4.98 Å². The van der Waals surface area contributed by atoms with Crippen molar-refractivity contribution in [2.24, 2.45) is 0 Å². The molecular weight excluding hydrogens is 218 g/mol. The van der Waals surface area contributed by atoms with E-state index in [4.69, 9.17) is 9.47 Å². The van der Waals surface area contributed by atoms with Crippen LogP contribution in [0.1, 0.15) is 37.6 Å².